The molecule has 1 aliphatic rings. The van der Waals surface area contributed by atoms with Gasteiger partial charge in [-0.2, -0.15) is 0 Å². The predicted molar refractivity (Wildman–Crippen MR) is 268 cm³/mol. The summed E-state index contributed by atoms with van der Waals surface area (Å²) < 4.78 is 8.79. The molecule has 0 saturated heterocycles. The number of aryl methyl sites for hydroxylation is 4. The molecule has 0 N–H and O–H groups in total. The molecular formula is C57H59IrN5OSi-2. The third-order valence-corrected chi connectivity index (χ3v) is 15.1. The monoisotopic (exact) mass is 1050 g/mol. The van der Waals surface area contributed by atoms with E-state index in [-0.39, 0.29) is 25.5 Å². The first-order valence-corrected chi connectivity index (χ1v) is 26.4. The zero-order valence-electron chi connectivity index (χ0n) is 39.5. The predicted octanol–water partition coefficient (Wildman–Crippen LogP) is 14.2. The van der Waals surface area contributed by atoms with Crippen LogP contribution in [0.1, 0.15) is 80.0 Å². The molecule has 65 heavy (non-hydrogen) atoms. The van der Waals surface area contributed by atoms with E-state index in [0.717, 1.165) is 84.2 Å². The van der Waals surface area contributed by atoms with Crippen LogP contribution in [0.15, 0.2) is 114 Å². The van der Waals surface area contributed by atoms with Crippen molar-refractivity contribution in [3.63, 3.8) is 0 Å². The van der Waals surface area contributed by atoms with Crippen LogP contribution in [0, 0.1) is 45.7 Å². The van der Waals surface area contributed by atoms with Gasteiger partial charge in [0, 0.05) is 48.6 Å². The third-order valence-electron chi connectivity index (χ3n) is 13.0. The van der Waals surface area contributed by atoms with Crippen molar-refractivity contribution in [1.29, 1.82) is 0 Å². The van der Waals surface area contributed by atoms with Crippen LogP contribution in [-0.2, 0) is 31.9 Å². The Kier molecular flexibility index (Phi) is 13.0. The molecule has 5 aromatic heterocycles. The van der Waals surface area contributed by atoms with E-state index in [1.54, 1.807) is 10.8 Å². The number of benzene rings is 4. The van der Waals surface area contributed by atoms with Gasteiger partial charge in [-0.3, -0.25) is 9.97 Å². The molecule has 0 bridgehead atoms. The van der Waals surface area contributed by atoms with Crippen LogP contribution in [0.2, 0.25) is 19.6 Å². The van der Waals surface area contributed by atoms with E-state index in [4.69, 9.17) is 19.4 Å². The Morgan fingerprint density at radius 3 is 2.18 bits per heavy atom. The average Bonchev–Trinajstić information content (AvgIpc) is 4.01. The van der Waals surface area contributed by atoms with Gasteiger partial charge in [-0.15, -0.1) is 53.6 Å². The van der Waals surface area contributed by atoms with Gasteiger partial charge in [0.25, 0.3) is 0 Å². The Morgan fingerprint density at radius 1 is 0.769 bits per heavy atom. The number of hydrogen-bond acceptors (Lipinski definition) is 5. The van der Waals surface area contributed by atoms with Gasteiger partial charge in [0.05, 0.1) is 42.4 Å². The molecule has 0 amide bonds. The number of fused-ring (bicyclic) bond motifs is 4. The Balaban J connectivity index is 0.000000212. The Hall–Kier alpha value is -5.53. The van der Waals surface area contributed by atoms with Crippen molar-refractivity contribution in [2.45, 2.75) is 106 Å². The van der Waals surface area contributed by atoms with Crippen LogP contribution in [0.3, 0.4) is 0 Å². The maximum Gasteiger partial charge on any atom is 0.216 e. The smallest absolute Gasteiger partial charge is 0.216 e. The summed E-state index contributed by atoms with van der Waals surface area (Å²) >= 11 is 0. The van der Waals surface area contributed by atoms with Crippen molar-refractivity contribution in [2.75, 3.05) is 0 Å². The minimum Gasteiger partial charge on any atom is -0.486 e. The van der Waals surface area contributed by atoms with Gasteiger partial charge in [-0.05, 0) is 96.4 Å². The molecular weight excluding hydrogens is 991 g/mol. The second-order valence-corrected chi connectivity index (χ2v) is 25.0. The number of rotatable bonds is 7. The standard InChI is InChI=1S/C37H33N4O.C20H26NSi.Ir/c1-21-9-8-10-22(2)32(21)29-18-17-27-33-23(3)11-16-28(34(33)42-36(27)40-29)35-39-30-19-24(4)38-20-31(30)41(35)26-14-12-25(13-15-26)37(5,6)7;1-22(2,3)20-15-21-19(17-11-5-4-6-12-17)14-18(20)13-16-9-7-8-10-16;/h8-15,17-20H,1-7H3;4-6,11,14-16H,7-10,13H2,1-3H3;/q2*-1;. The molecule has 0 atom stereocenters. The molecule has 0 aliphatic heterocycles. The zero-order valence-corrected chi connectivity index (χ0v) is 42.9. The largest absolute Gasteiger partial charge is 0.486 e. The van der Waals surface area contributed by atoms with E-state index in [9.17, 15) is 0 Å². The molecule has 10 rings (SSSR count). The van der Waals surface area contributed by atoms with Crippen LogP contribution >= 0.6 is 0 Å². The molecule has 1 saturated carbocycles. The summed E-state index contributed by atoms with van der Waals surface area (Å²) in [5.74, 6) is 1.64. The Labute approximate surface area is 399 Å². The molecule has 5 heterocycles. The van der Waals surface area contributed by atoms with Crippen LogP contribution in [-0.4, -0.2) is 32.6 Å². The van der Waals surface area contributed by atoms with Crippen molar-refractivity contribution in [3.8, 4) is 39.6 Å². The van der Waals surface area contributed by atoms with Crippen LogP contribution < -0.4 is 5.19 Å². The molecule has 1 aliphatic carbocycles. The van der Waals surface area contributed by atoms with Crippen molar-refractivity contribution >= 4 is 46.4 Å². The third kappa shape index (κ3) is 9.31. The molecule has 8 heteroatoms. The van der Waals surface area contributed by atoms with E-state index in [1.165, 1.54) is 48.8 Å². The van der Waals surface area contributed by atoms with E-state index >= 15 is 0 Å². The number of hydrogen-bond donors (Lipinski definition) is 0. The fraction of sp³-hybridized carbons (Fsp3) is 0.298. The van der Waals surface area contributed by atoms with E-state index in [0.29, 0.717) is 5.71 Å². The maximum atomic E-state index is 6.62. The van der Waals surface area contributed by atoms with Gasteiger partial charge in [0.1, 0.15) is 0 Å². The fourth-order valence-corrected chi connectivity index (χ4v) is 11.2. The summed E-state index contributed by atoms with van der Waals surface area (Å²) in [7, 11) is -1.35. The zero-order chi connectivity index (χ0) is 44.9. The Bertz CT molecular complexity index is 3130. The fourth-order valence-electron chi connectivity index (χ4n) is 9.57. The molecule has 0 unspecified atom stereocenters. The van der Waals surface area contributed by atoms with Crippen molar-refractivity contribution in [2.24, 2.45) is 5.92 Å². The molecule has 4 aromatic carbocycles. The van der Waals surface area contributed by atoms with Gasteiger partial charge < -0.3 is 14.0 Å². The van der Waals surface area contributed by atoms with Gasteiger partial charge in [-0.1, -0.05) is 126 Å². The normalized spacial score (nSPS) is 13.3. The maximum absolute atomic E-state index is 6.62. The van der Waals surface area contributed by atoms with Crippen molar-refractivity contribution in [3.05, 3.63) is 155 Å². The summed E-state index contributed by atoms with van der Waals surface area (Å²) in [6.45, 7) is 22.3. The average molecular weight is 1050 g/mol. The molecule has 9 aromatic rings. The molecule has 1 radical (unpaired) electrons. The SMILES string of the molecule is C[Si](C)(C)c1cnc(-c2[c-]cccc2)cc1CC1CCCC1.Cc1cc2nc(-c3[c-]cc(C)c4c3oc3nc(-c5c(C)cccc5C)ccc34)n(-c3ccc(C(C)(C)C)cc3)c2cn1.[Ir]. The van der Waals surface area contributed by atoms with Gasteiger partial charge >= 0.3 is 0 Å². The van der Waals surface area contributed by atoms with Crippen LogP contribution in [0.25, 0.3) is 72.7 Å². The van der Waals surface area contributed by atoms with E-state index in [1.807, 2.05) is 37.4 Å². The van der Waals surface area contributed by atoms with Crippen molar-refractivity contribution < 1.29 is 24.5 Å². The first kappa shape index (κ1) is 46.0. The van der Waals surface area contributed by atoms with Crippen LogP contribution in [0.4, 0.5) is 0 Å². The van der Waals surface area contributed by atoms with E-state index < -0.39 is 8.07 Å². The molecule has 333 valence electrons. The quantitative estimate of drug-likeness (QED) is 0.117. The molecule has 0 spiro atoms. The van der Waals surface area contributed by atoms with E-state index in [2.05, 4.69) is 162 Å². The number of aromatic nitrogens is 5. The van der Waals surface area contributed by atoms with Crippen molar-refractivity contribution in [1.82, 2.24) is 24.5 Å². The minimum atomic E-state index is -1.35. The summed E-state index contributed by atoms with van der Waals surface area (Å²) in [6, 6.07) is 40.7. The molecule has 1 fully saturated rings. The summed E-state index contributed by atoms with van der Waals surface area (Å²) in [6.07, 6.45) is 10.9. The second-order valence-electron chi connectivity index (χ2n) is 20.0. The van der Waals surface area contributed by atoms with Gasteiger partial charge in [-0.25, -0.2) is 4.98 Å². The first-order chi connectivity index (χ1) is 30.6. The summed E-state index contributed by atoms with van der Waals surface area (Å²) in [4.78, 5) is 19.5. The number of nitrogens with zero attached hydrogens (tertiary/aromatic N) is 5. The van der Waals surface area contributed by atoms with Crippen LogP contribution in [0.5, 0.6) is 0 Å². The minimum absolute atomic E-state index is 0. The van der Waals surface area contributed by atoms with Gasteiger partial charge in [0.2, 0.25) is 5.71 Å². The Morgan fingerprint density at radius 2 is 1.51 bits per heavy atom. The van der Waals surface area contributed by atoms with Gasteiger partial charge in [0.15, 0.2) is 0 Å². The topological polar surface area (TPSA) is 69.6 Å². The second kappa shape index (κ2) is 18.4. The summed E-state index contributed by atoms with van der Waals surface area (Å²) in [5, 5.41) is 3.57. The summed E-state index contributed by atoms with van der Waals surface area (Å²) in [5.41, 5.74) is 16.5. The first-order valence-electron chi connectivity index (χ1n) is 22.9. The number of imidazole rings is 1. The molecule has 6 nitrogen and oxygen atoms in total. The number of pyridine rings is 3. The number of furan rings is 1.